The number of ketones is 1. The third-order valence-electron chi connectivity index (χ3n) is 2.97. The molecule has 0 amide bonds. The topological polar surface area (TPSA) is 43.4 Å². The SMILES string of the molecule is COC(=O)C12CC=CC(C=CC1)C2=O. The fraction of sp³-hybridized carbons (Fsp3) is 0.455. The van der Waals surface area contributed by atoms with E-state index in [1.807, 2.05) is 24.3 Å². The van der Waals surface area contributed by atoms with Gasteiger partial charge in [0.15, 0.2) is 5.78 Å². The van der Waals surface area contributed by atoms with Crippen molar-refractivity contribution in [3.05, 3.63) is 24.3 Å². The quantitative estimate of drug-likeness (QED) is 0.357. The number of fused-ring (bicyclic) bond motifs is 2. The Morgan fingerprint density at radius 1 is 1.43 bits per heavy atom. The van der Waals surface area contributed by atoms with Gasteiger partial charge in [0, 0.05) is 0 Å². The molecular weight excluding hydrogens is 180 g/mol. The van der Waals surface area contributed by atoms with E-state index in [0.717, 1.165) is 0 Å². The van der Waals surface area contributed by atoms with Crippen LogP contribution in [0.5, 0.6) is 0 Å². The maximum absolute atomic E-state index is 11.9. The van der Waals surface area contributed by atoms with Crippen LogP contribution in [-0.4, -0.2) is 18.9 Å². The van der Waals surface area contributed by atoms with Crippen LogP contribution in [-0.2, 0) is 14.3 Å². The molecule has 0 aromatic carbocycles. The highest BCUT2D eigenvalue weighted by Crippen LogP contribution is 2.40. The molecule has 0 fully saturated rings. The van der Waals surface area contributed by atoms with Crippen LogP contribution in [0.1, 0.15) is 12.8 Å². The Kier molecular flexibility index (Phi) is 2.02. The van der Waals surface area contributed by atoms with E-state index in [2.05, 4.69) is 0 Å². The average molecular weight is 192 g/mol. The maximum Gasteiger partial charge on any atom is 0.320 e. The summed E-state index contributed by atoms with van der Waals surface area (Å²) in [7, 11) is 1.33. The number of esters is 1. The first-order chi connectivity index (χ1) is 6.70. The summed E-state index contributed by atoms with van der Waals surface area (Å²) < 4.78 is 4.71. The molecule has 0 radical (unpaired) electrons. The van der Waals surface area contributed by atoms with Crippen LogP contribution in [0, 0.1) is 11.3 Å². The molecule has 0 saturated heterocycles. The molecule has 0 unspecified atom stereocenters. The lowest BCUT2D eigenvalue weighted by atomic mass is 9.66. The normalized spacial score (nSPS) is 34.4. The second-order valence-electron chi connectivity index (χ2n) is 3.73. The molecular formula is C11H12O3. The number of allylic oxidation sites excluding steroid dienone is 4. The van der Waals surface area contributed by atoms with E-state index in [9.17, 15) is 9.59 Å². The third kappa shape index (κ3) is 1.05. The standard InChI is InChI=1S/C11H12O3/c1-14-10(13)11-6-2-4-8(9(11)12)5-3-7-11/h2-5,8H,6-7H2,1H3. The molecule has 3 nitrogen and oxygen atoms in total. The van der Waals surface area contributed by atoms with Crippen molar-refractivity contribution in [2.45, 2.75) is 12.8 Å². The van der Waals surface area contributed by atoms with Crippen LogP contribution in [0.2, 0.25) is 0 Å². The number of methoxy groups -OCH3 is 1. The van der Waals surface area contributed by atoms with Gasteiger partial charge in [-0.05, 0) is 12.8 Å². The lowest BCUT2D eigenvalue weighted by molar-refractivity contribution is -0.159. The van der Waals surface area contributed by atoms with Crippen molar-refractivity contribution in [3.63, 3.8) is 0 Å². The fourth-order valence-electron chi connectivity index (χ4n) is 2.14. The molecule has 2 aliphatic rings. The summed E-state index contributed by atoms with van der Waals surface area (Å²) >= 11 is 0. The van der Waals surface area contributed by atoms with Crippen molar-refractivity contribution in [1.29, 1.82) is 0 Å². The summed E-state index contributed by atoms with van der Waals surface area (Å²) in [5.41, 5.74) is -0.928. The molecule has 0 heterocycles. The van der Waals surface area contributed by atoms with E-state index in [4.69, 9.17) is 4.74 Å². The second-order valence-corrected chi connectivity index (χ2v) is 3.73. The van der Waals surface area contributed by atoms with Crippen molar-refractivity contribution in [2.75, 3.05) is 7.11 Å². The molecule has 2 bridgehead atoms. The highest BCUT2D eigenvalue weighted by atomic mass is 16.5. The largest absolute Gasteiger partial charge is 0.468 e. The zero-order chi connectivity index (χ0) is 10.2. The van der Waals surface area contributed by atoms with Crippen LogP contribution < -0.4 is 0 Å². The number of hydrogen-bond acceptors (Lipinski definition) is 3. The Bertz CT molecular complexity index is 322. The van der Waals surface area contributed by atoms with Crippen molar-refractivity contribution in [3.8, 4) is 0 Å². The lowest BCUT2D eigenvalue weighted by Crippen LogP contribution is -2.45. The van der Waals surface area contributed by atoms with Gasteiger partial charge < -0.3 is 4.74 Å². The van der Waals surface area contributed by atoms with E-state index in [0.29, 0.717) is 12.8 Å². The maximum atomic E-state index is 11.9. The highest BCUT2D eigenvalue weighted by Gasteiger charge is 2.50. The Labute approximate surface area is 82.4 Å². The monoisotopic (exact) mass is 192 g/mol. The van der Waals surface area contributed by atoms with Crippen molar-refractivity contribution < 1.29 is 14.3 Å². The van der Waals surface area contributed by atoms with Gasteiger partial charge in [0.05, 0.1) is 13.0 Å². The Balaban J connectivity index is 2.43. The molecule has 0 aliphatic heterocycles. The number of hydrogen-bond donors (Lipinski definition) is 0. The molecule has 3 heteroatoms. The van der Waals surface area contributed by atoms with Gasteiger partial charge in [0.25, 0.3) is 0 Å². The van der Waals surface area contributed by atoms with Crippen LogP contribution >= 0.6 is 0 Å². The Hall–Kier alpha value is -1.38. The molecule has 74 valence electrons. The van der Waals surface area contributed by atoms with E-state index in [1.165, 1.54) is 7.11 Å². The average Bonchev–Trinajstić information content (AvgIpc) is 2.17. The zero-order valence-electron chi connectivity index (χ0n) is 8.03. The number of carbonyl (C=O) groups excluding carboxylic acids is 2. The molecule has 0 spiro atoms. The Morgan fingerprint density at radius 2 is 2.00 bits per heavy atom. The van der Waals surface area contributed by atoms with Gasteiger partial charge in [-0.25, -0.2) is 0 Å². The minimum absolute atomic E-state index is 0.0191. The molecule has 14 heavy (non-hydrogen) atoms. The van der Waals surface area contributed by atoms with Gasteiger partial charge in [-0.15, -0.1) is 0 Å². The molecule has 0 aromatic rings. The smallest absolute Gasteiger partial charge is 0.320 e. The second kappa shape index (κ2) is 3.08. The molecule has 2 rings (SSSR count). The molecule has 0 aromatic heterocycles. The van der Waals surface area contributed by atoms with Crippen LogP contribution in [0.3, 0.4) is 0 Å². The fourth-order valence-corrected chi connectivity index (χ4v) is 2.14. The number of carbonyl (C=O) groups is 2. The first-order valence-corrected chi connectivity index (χ1v) is 4.67. The molecule has 2 aliphatic carbocycles. The van der Waals surface area contributed by atoms with Crippen molar-refractivity contribution in [1.82, 2.24) is 0 Å². The lowest BCUT2D eigenvalue weighted by Gasteiger charge is -2.35. The number of Topliss-reactive ketones (excluding diaryl/α,β-unsaturated/α-hetero) is 1. The summed E-state index contributed by atoms with van der Waals surface area (Å²) in [6, 6.07) is 0. The summed E-state index contributed by atoms with van der Waals surface area (Å²) in [5, 5.41) is 0. The summed E-state index contributed by atoms with van der Waals surface area (Å²) in [6.45, 7) is 0. The predicted molar refractivity (Wildman–Crippen MR) is 50.5 cm³/mol. The predicted octanol–water partition coefficient (Wildman–Crippen LogP) is 1.25. The zero-order valence-corrected chi connectivity index (χ0v) is 8.03. The third-order valence-corrected chi connectivity index (χ3v) is 2.97. The van der Waals surface area contributed by atoms with E-state index < -0.39 is 11.4 Å². The van der Waals surface area contributed by atoms with Gasteiger partial charge in [-0.3, -0.25) is 9.59 Å². The van der Waals surface area contributed by atoms with Crippen molar-refractivity contribution >= 4 is 11.8 Å². The Morgan fingerprint density at radius 3 is 2.50 bits per heavy atom. The van der Waals surface area contributed by atoms with Gasteiger partial charge in [0.1, 0.15) is 5.41 Å². The highest BCUT2D eigenvalue weighted by molar-refractivity contribution is 6.08. The van der Waals surface area contributed by atoms with Crippen LogP contribution in [0.15, 0.2) is 24.3 Å². The summed E-state index contributed by atoms with van der Waals surface area (Å²) in [5.74, 6) is -0.646. The van der Waals surface area contributed by atoms with E-state index >= 15 is 0 Å². The van der Waals surface area contributed by atoms with Crippen LogP contribution in [0.25, 0.3) is 0 Å². The minimum Gasteiger partial charge on any atom is -0.468 e. The van der Waals surface area contributed by atoms with Gasteiger partial charge in [0.2, 0.25) is 0 Å². The summed E-state index contributed by atoms with van der Waals surface area (Å²) in [6.07, 6.45) is 8.43. The van der Waals surface area contributed by atoms with Crippen molar-refractivity contribution in [2.24, 2.45) is 11.3 Å². The first kappa shape index (κ1) is 9.19. The number of rotatable bonds is 1. The number of ether oxygens (including phenoxy) is 1. The van der Waals surface area contributed by atoms with E-state index in [-0.39, 0.29) is 11.7 Å². The van der Waals surface area contributed by atoms with Gasteiger partial charge in [-0.2, -0.15) is 0 Å². The van der Waals surface area contributed by atoms with Crippen LogP contribution in [0.4, 0.5) is 0 Å². The van der Waals surface area contributed by atoms with E-state index in [1.54, 1.807) is 0 Å². The van der Waals surface area contributed by atoms with Gasteiger partial charge >= 0.3 is 5.97 Å². The summed E-state index contributed by atoms with van der Waals surface area (Å²) in [4.78, 5) is 23.5. The first-order valence-electron chi connectivity index (χ1n) is 4.67. The molecule has 0 atom stereocenters. The molecule has 0 saturated carbocycles. The molecule has 0 N–H and O–H groups in total. The van der Waals surface area contributed by atoms with Gasteiger partial charge in [-0.1, -0.05) is 24.3 Å². The minimum atomic E-state index is -0.928.